The Balaban J connectivity index is 2.01. The Morgan fingerprint density at radius 3 is 2.95 bits per heavy atom. The van der Waals surface area contributed by atoms with Crippen molar-refractivity contribution in [3.8, 4) is 6.07 Å². The molecule has 0 spiro atoms. The number of nitriles is 1. The van der Waals surface area contributed by atoms with Crippen LogP contribution in [0.5, 0.6) is 0 Å². The Kier molecular flexibility index (Phi) is 2.69. The van der Waals surface area contributed by atoms with E-state index in [1.807, 2.05) is 41.8 Å². The molecule has 0 atom stereocenters. The molecule has 0 radical (unpaired) electrons. The van der Waals surface area contributed by atoms with Crippen LogP contribution in [0.1, 0.15) is 4.88 Å². The van der Waals surface area contributed by atoms with Crippen molar-refractivity contribution in [1.29, 1.82) is 5.26 Å². The molecule has 5 nitrogen and oxygen atoms in total. The van der Waals surface area contributed by atoms with Gasteiger partial charge in [-0.05, 0) is 18.2 Å². The lowest BCUT2D eigenvalue weighted by Crippen LogP contribution is -2.08. The fourth-order valence-corrected chi connectivity index (χ4v) is 2.61. The molecule has 94 valence electrons. The highest BCUT2D eigenvalue weighted by Gasteiger charge is 2.10. The van der Waals surface area contributed by atoms with Crippen molar-refractivity contribution in [2.75, 3.05) is 11.9 Å². The van der Waals surface area contributed by atoms with E-state index >= 15 is 0 Å². The standard InChI is InChI=1S/C13H11N5S/c1-17-8-16-11-5-9(3-4-12(11)17)18(2)13-15-7-10(6-14)19-13/h3-5,7-8H,1-2H3. The zero-order valence-corrected chi connectivity index (χ0v) is 11.3. The Hall–Kier alpha value is -2.39. The van der Waals surface area contributed by atoms with Crippen LogP contribution in [-0.2, 0) is 7.05 Å². The van der Waals surface area contributed by atoms with Gasteiger partial charge in [0, 0.05) is 19.8 Å². The van der Waals surface area contributed by atoms with Crippen LogP contribution < -0.4 is 4.90 Å². The van der Waals surface area contributed by atoms with Gasteiger partial charge in [0.1, 0.15) is 10.9 Å². The number of anilines is 2. The Bertz CT molecular complexity index is 780. The molecule has 0 bridgehead atoms. The molecule has 0 saturated heterocycles. The average molecular weight is 269 g/mol. The van der Waals surface area contributed by atoms with Crippen molar-refractivity contribution in [3.63, 3.8) is 0 Å². The Morgan fingerprint density at radius 1 is 1.37 bits per heavy atom. The highest BCUT2D eigenvalue weighted by atomic mass is 32.1. The van der Waals surface area contributed by atoms with E-state index in [4.69, 9.17) is 5.26 Å². The van der Waals surface area contributed by atoms with E-state index in [-0.39, 0.29) is 0 Å². The molecular formula is C13H11N5S. The predicted octanol–water partition coefficient (Wildman–Crippen LogP) is 2.67. The first-order chi connectivity index (χ1) is 9.19. The molecular weight excluding hydrogens is 258 g/mol. The van der Waals surface area contributed by atoms with Gasteiger partial charge in [0.15, 0.2) is 5.13 Å². The summed E-state index contributed by atoms with van der Waals surface area (Å²) in [7, 11) is 3.91. The van der Waals surface area contributed by atoms with Crippen LogP contribution in [0.3, 0.4) is 0 Å². The number of rotatable bonds is 2. The van der Waals surface area contributed by atoms with Gasteiger partial charge in [-0.15, -0.1) is 0 Å². The van der Waals surface area contributed by atoms with Crippen molar-refractivity contribution in [2.45, 2.75) is 0 Å². The zero-order chi connectivity index (χ0) is 13.4. The third kappa shape index (κ3) is 1.94. The number of hydrogen-bond acceptors (Lipinski definition) is 5. The molecule has 0 unspecified atom stereocenters. The minimum absolute atomic E-state index is 0.612. The first-order valence-corrected chi connectivity index (χ1v) is 6.51. The van der Waals surface area contributed by atoms with Gasteiger partial charge < -0.3 is 9.47 Å². The predicted molar refractivity (Wildman–Crippen MR) is 75.6 cm³/mol. The van der Waals surface area contributed by atoms with Gasteiger partial charge in [-0.2, -0.15) is 5.26 Å². The van der Waals surface area contributed by atoms with Gasteiger partial charge in [0.2, 0.25) is 0 Å². The molecule has 0 fully saturated rings. The van der Waals surface area contributed by atoms with Crippen molar-refractivity contribution in [3.05, 3.63) is 35.6 Å². The molecule has 0 saturated carbocycles. The number of aryl methyl sites for hydroxylation is 1. The van der Waals surface area contributed by atoms with Crippen molar-refractivity contribution >= 4 is 33.2 Å². The summed E-state index contributed by atoms with van der Waals surface area (Å²) in [6.45, 7) is 0. The van der Waals surface area contributed by atoms with Crippen LogP contribution in [0.2, 0.25) is 0 Å². The lowest BCUT2D eigenvalue weighted by molar-refractivity contribution is 0.947. The summed E-state index contributed by atoms with van der Waals surface area (Å²) in [5.74, 6) is 0. The topological polar surface area (TPSA) is 57.7 Å². The number of fused-ring (bicyclic) bond motifs is 1. The van der Waals surface area contributed by atoms with E-state index in [2.05, 4.69) is 16.0 Å². The van der Waals surface area contributed by atoms with E-state index in [1.165, 1.54) is 11.3 Å². The lowest BCUT2D eigenvalue weighted by atomic mass is 10.2. The first-order valence-electron chi connectivity index (χ1n) is 5.70. The normalized spacial score (nSPS) is 10.6. The SMILES string of the molecule is CN(c1ccc2c(c1)ncn2C)c1ncc(C#N)s1. The smallest absolute Gasteiger partial charge is 0.190 e. The summed E-state index contributed by atoms with van der Waals surface area (Å²) >= 11 is 1.37. The molecule has 3 aromatic rings. The van der Waals surface area contributed by atoms with E-state index < -0.39 is 0 Å². The summed E-state index contributed by atoms with van der Waals surface area (Å²) in [6.07, 6.45) is 3.39. The molecule has 0 aliphatic rings. The Labute approximate surface area is 114 Å². The maximum absolute atomic E-state index is 8.84. The Morgan fingerprint density at radius 2 is 2.21 bits per heavy atom. The number of nitrogens with zero attached hydrogens (tertiary/aromatic N) is 5. The fourth-order valence-electron chi connectivity index (χ4n) is 1.92. The highest BCUT2D eigenvalue weighted by molar-refractivity contribution is 7.16. The largest absolute Gasteiger partial charge is 0.334 e. The molecule has 6 heteroatoms. The number of hydrogen-bond donors (Lipinski definition) is 0. The lowest BCUT2D eigenvalue weighted by Gasteiger charge is -2.15. The second kappa shape index (κ2) is 4.37. The van der Waals surface area contributed by atoms with Crippen LogP contribution in [0.15, 0.2) is 30.7 Å². The molecule has 19 heavy (non-hydrogen) atoms. The zero-order valence-electron chi connectivity index (χ0n) is 10.5. The molecule has 1 aromatic carbocycles. The molecule has 2 heterocycles. The number of aromatic nitrogens is 3. The average Bonchev–Trinajstić information content (AvgIpc) is 3.05. The van der Waals surface area contributed by atoms with Gasteiger partial charge >= 0.3 is 0 Å². The third-order valence-electron chi connectivity index (χ3n) is 2.99. The molecule has 0 aliphatic heterocycles. The quantitative estimate of drug-likeness (QED) is 0.717. The summed E-state index contributed by atoms with van der Waals surface area (Å²) in [5, 5.41) is 9.63. The third-order valence-corrected chi connectivity index (χ3v) is 3.97. The van der Waals surface area contributed by atoms with Crippen LogP contribution in [0.4, 0.5) is 10.8 Å². The number of thiazole rings is 1. The van der Waals surface area contributed by atoms with Gasteiger partial charge in [0.25, 0.3) is 0 Å². The molecule has 0 N–H and O–H groups in total. The van der Waals surface area contributed by atoms with Crippen molar-refractivity contribution < 1.29 is 0 Å². The van der Waals surface area contributed by atoms with Gasteiger partial charge in [0.05, 0.1) is 23.6 Å². The molecule has 2 aromatic heterocycles. The van der Waals surface area contributed by atoms with Crippen molar-refractivity contribution in [1.82, 2.24) is 14.5 Å². The van der Waals surface area contributed by atoms with Crippen LogP contribution >= 0.6 is 11.3 Å². The van der Waals surface area contributed by atoms with Crippen molar-refractivity contribution in [2.24, 2.45) is 7.05 Å². The second-order valence-corrected chi connectivity index (χ2v) is 5.22. The van der Waals surface area contributed by atoms with E-state index in [0.29, 0.717) is 4.88 Å². The highest BCUT2D eigenvalue weighted by Crippen LogP contribution is 2.29. The first kappa shape index (κ1) is 11.7. The summed E-state index contributed by atoms with van der Waals surface area (Å²) in [4.78, 5) is 11.2. The van der Waals surface area contributed by atoms with Gasteiger partial charge in [-0.1, -0.05) is 11.3 Å². The molecule has 0 aliphatic carbocycles. The van der Waals surface area contributed by atoms with Gasteiger partial charge in [-0.3, -0.25) is 0 Å². The minimum atomic E-state index is 0.612. The van der Waals surface area contributed by atoms with E-state index in [0.717, 1.165) is 21.9 Å². The van der Waals surface area contributed by atoms with E-state index in [1.54, 1.807) is 12.5 Å². The maximum Gasteiger partial charge on any atom is 0.190 e. The van der Waals surface area contributed by atoms with Crippen LogP contribution in [0.25, 0.3) is 11.0 Å². The number of benzene rings is 1. The monoisotopic (exact) mass is 269 g/mol. The second-order valence-electron chi connectivity index (χ2n) is 4.21. The van der Waals surface area contributed by atoms with Crippen LogP contribution in [0, 0.1) is 11.3 Å². The summed E-state index contributed by atoms with van der Waals surface area (Å²) in [5.41, 5.74) is 3.04. The van der Waals surface area contributed by atoms with Crippen LogP contribution in [-0.4, -0.2) is 21.6 Å². The minimum Gasteiger partial charge on any atom is -0.334 e. The summed E-state index contributed by atoms with van der Waals surface area (Å²) < 4.78 is 1.98. The van der Waals surface area contributed by atoms with Gasteiger partial charge in [-0.25, -0.2) is 9.97 Å². The maximum atomic E-state index is 8.84. The molecule has 3 rings (SSSR count). The number of imidazole rings is 1. The fraction of sp³-hybridized carbons (Fsp3) is 0.154. The summed E-state index contributed by atoms with van der Waals surface area (Å²) in [6, 6.07) is 8.18. The molecule has 0 amide bonds. The van der Waals surface area contributed by atoms with E-state index in [9.17, 15) is 0 Å².